The first-order chi connectivity index (χ1) is 8.63. The highest BCUT2D eigenvalue weighted by Gasteiger charge is 2.25. The fourth-order valence-corrected chi connectivity index (χ4v) is 4.36. The van der Waals surface area contributed by atoms with E-state index in [1.807, 2.05) is 12.1 Å². The highest BCUT2D eigenvalue weighted by molar-refractivity contribution is 9.11. The normalized spacial score (nSPS) is 17.8. The van der Waals surface area contributed by atoms with Crippen molar-refractivity contribution in [3.05, 3.63) is 48.0 Å². The van der Waals surface area contributed by atoms with Gasteiger partial charge in [0.25, 0.3) is 0 Å². The first-order valence-corrected chi connectivity index (χ1v) is 8.41. The van der Waals surface area contributed by atoms with E-state index in [9.17, 15) is 0 Å². The molecule has 0 spiro atoms. The number of thiophene rings is 1. The van der Waals surface area contributed by atoms with Crippen LogP contribution in [0.3, 0.4) is 0 Å². The molecule has 0 radical (unpaired) electrons. The average Bonchev–Trinajstić information content (AvgIpc) is 2.84. The Morgan fingerprint density at radius 1 is 1.28 bits per heavy atom. The predicted molar refractivity (Wildman–Crippen MR) is 85.9 cm³/mol. The molecule has 0 amide bonds. The summed E-state index contributed by atoms with van der Waals surface area (Å²) in [5.74, 6) is 0. The van der Waals surface area contributed by atoms with Crippen LogP contribution in [-0.2, 0) is 6.42 Å². The van der Waals surface area contributed by atoms with E-state index in [4.69, 9.17) is 11.6 Å². The number of hydrogen-bond acceptors (Lipinski definition) is 2. The lowest BCUT2D eigenvalue weighted by Gasteiger charge is -2.16. The van der Waals surface area contributed by atoms with E-state index < -0.39 is 0 Å². The molecule has 1 unspecified atom stereocenters. The lowest BCUT2D eigenvalue weighted by Crippen LogP contribution is -2.07. The SMILES string of the molecule is Clc1cc2c(s1)CCC2Nc1cc(Br)ccc1Br. The molecule has 2 aromatic rings. The molecule has 5 heteroatoms. The number of anilines is 1. The molecule has 0 aliphatic heterocycles. The van der Waals surface area contributed by atoms with E-state index in [1.165, 1.54) is 10.4 Å². The fourth-order valence-electron chi connectivity index (χ4n) is 2.28. The maximum atomic E-state index is 6.08. The van der Waals surface area contributed by atoms with E-state index in [2.05, 4.69) is 49.3 Å². The number of rotatable bonds is 2. The molecule has 1 aromatic heterocycles. The molecule has 18 heavy (non-hydrogen) atoms. The number of hydrogen-bond donors (Lipinski definition) is 1. The Morgan fingerprint density at radius 3 is 2.94 bits per heavy atom. The molecule has 1 aliphatic rings. The van der Waals surface area contributed by atoms with Crippen molar-refractivity contribution in [3.63, 3.8) is 0 Å². The number of nitrogens with one attached hydrogen (secondary N) is 1. The summed E-state index contributed by atoms with van der Waals surface area (Å²) in [7, 11) is 0. The Balaban J connectivity index is 1.88. The third-order valence-electron chi connectivity index (χ3n) is 3.11. The minimum absolute atomic E-state index is 0.370. The van der Waals surface area contributed by atoms with E-state index in [1.54, 1.807) is 11.3 Å². The molecule has 1 nitrogen and oxygen atoms in total. The van der Waals surface area contributed by atoms with Crippen LogP contribution in [0.1, 0.15) is 22.9 Å². The highest BCUT2D eigenvalue weighted by atomic mass is 79.9. The number of halogens is 3. The van der Waals surface area contributed by atoms with Crippen molar-refractivity contribution in [2.45, 2.75) is 18.9 Å². The molecule has 1 N–H and O–H groups in total. The summed E-state index contributed by atoms with van der Waals surface area (Å²) in [4.78, 5) is 1.42. The lowest BCUT2D eigenvalue weighted by atomic mass is 10.1. The van der Waals surface area contributed by atoms with E-state index in [-0.39, 0.29) is 0 Å². The van der Waals surface area contributed by atoms with Gasteiger partial charge in [0.05, 0.1) is 16.1 Å². The zero-order valence-electron chi connectivity index (χ0n) is 9.34. The van der Waals surface area contributed by atoms with Gasteiger partial charge < -0.3 is 5.32 Å². The molecule has 0 fully saturated rings. The largest absolute Gasteiger partial charge is 0.377 e. The van der Waals surface area contributed by atoms with Crippen LogP contribution in [0.4, 0.5) is 5.69 Å². The second kappa shape index (κ2) is 5.16. The maximum absolute atomic E-state index is 6.08. The molecule has 1 heterocycles. The zero-order valence-corrected chi connectivity index (χ0v) is 14.1. The van der Waals surface area contributed by atoms with Crippen LogP contribution in [-0.4, -0.2) is 0 Å². The van der Waals surface area contributed by atoms with Crippen molar-refractivity contribution in [2.24, 2.45) is 0 Å². The quantitative estimate of drug-likeness (QED) is 0.641. The highest BCUT2D eigenvalue weighted by Crippen LogP contribution is 2.42. The van der Waals surface area contributed by atoms with Gasteiger partial charge in [-0.25, -0.2) is 0 Å². The summed E-state index contributed by atoms with van der Waals surface area (Å²) in [6, 6.07) is 8.63. The Bertz CT molecular complexity index is 597. The Hall–Kier alpha value is -0.0300. The smallest absolute Gasteiger partial charge is 0.0934 e. The summed E-state index contributed by atoms with van der Waals surface area (Å²) in [6.07, 6.45) is 2.26. The summed E-state index contributed by atoms with van der Waals surface area (Å²) in [5, 5.41) is 3.59. The van der Waals surface area contributed by atoms with Gasteiger partial charge in [0.2, 0.25) is 0 Å². The standard InChI is InChI=1S/C13H10Br2ClNS/c14-7-1-2-9(15)11(5-7)17-10-3-4-12-8(10)6-13(16)18-12/h1-2,5-6,10,17H,3-4H2. The molecular formula is C13H10Br2ClNS. The topological polar surface area (TPSA) is 12.0 Å². The van der Waals surface area contributed by atoms with E-state index in [0.717, 1.165) is 31.8 Å². The van der Waals surface area contributed by atoms with Crippen molar-refractivity contribution in [1.29, 1.82) is 0 Å². The first kappa shape index (κ1) is 13.0. The zero-order chi connectivity index (χ0) is 12.7. The average molecular weight is 408 g/mol. The molecule has 0 bridgehead atoms. The number of fused-ring (bicyclic) bond motifs is 1. The second-order valence-electron chi connectivity index (χ2n) is 4.29. The lowest BCUT2D eigenvalue weighted by molar-refractivity contribution is 0.761. The molecule has 1 aliphatic carbocycles. The molecule has 1 aromatic carbocycles. The summed E-state index contributed by atoms with van der Waals surface area (Å²) in [5.41, 5.74) is 2.47. The van der Waals surface area contributed by atoms with Gasteiger partial charge in [-0.05, 0) is 58.6 Å². The van der Waals surface area contributed by atoms with E-state index in [0.29, 0.717) is 6.04 Å². The van der Waals surface area contributed by atoms with Crippen LogP contribution in [0.25, 0.3) is 0 Å². The van der Waals surface area contributed by atoms with Crippen LogP contribution in [0.2, 0.25) is 4.34 Å². The third kappa shape index (κ3) is 2.48. The van der Waals surface area contributed by atoms with Gasteiger partial charge >= 0.3 is 0 Å². The van der Waals surface area contributed by atoms with Gasteiger partial charge in [-0.2, -0.15) is 0 Å². The van der Waals surface area contributed by atoms with Gasteiger partial charge in [0.15, 0.2) is 0 Å². The molecule has 94 valence electrons. The first-order valence-electron chi connectivity index (χ1n) is 5.63. The van der Waals surface area contributed by atoms with Crippen molar-refractivity contribution in [2.75, 3.05) is 5.32 Å². The van der Waals surface area contributed by atoms with Gasteiger partial charge in [-0.15, -0.1) is 11.3 Å². The molecule has 3 rings (SSSR count). The summed E-state index contributed by atoms with van der Waals surface area (Å²) < 4.78 is 3.05. The Labute approximate surface area is 132 Å². The van der Waals surface area contributed by atoms with Crippen molar-refractivity contribution >= 4 is 60.5 Å². The van der Waals surface area contributed by atoms with Crippen LogP contribution in [0, 0.1) is 0 Å². The fraction of sp³-hybridized carbons (Fsp3) is 0.231. The van der Waals surface area contributed by atoms with Crippen LogP contribution in [0.5, 0.6) is 0 Å². The second-order valence-corrected chi connectivity index (χ2v) is 7.83. The van der Waals surface area contributed by atoms with Crippen molar-refractivity contribution in [1.82, 2.24) is 0 Å². The minimum Gasteiger partial charge on any atom is -0.377 e. The van der Waals surface area contributed by atoms with Crippen LogP contribution < -0.4 is 5.32 Å². The third-order valence-corrected chi connectivity index (χ3v) is 5.63. The summed E-state index contributed by atoms with van der Waals surface area (Å²) in [6.45, 7) is 0. The van der Waals surface area contributed by atoms with Crippen LogP contribution >= 0.6 is 54.8 Å². The van der Waals surface area contributed by atoms with Crippen LogP contribution in [0.15, 0.2) is 33.2 Å². The summed E-state index contributed by atoms with van der Waals surface area (Å²) >= 11 is 14.9. The Kier molecular flexibility index (Phi) is 3.72. The predicted octanol–water partition coefficient (Wildman–Crippen LogP) is 6.03. The van der Waals surface area contributed by atoms with Gasteiger partial charge in [-0.1, -0.05) is 27.5 Å². The monoisotopic (exact) mass is 405 g/mol. The Morgan fingerprint density at radius 2 is 2.11 bits per heavy atom. The molecule has 0 saturated carbocycles. The number of aryl methyl sites for hydroxylation is 1. The van der Waals surface area contributed by atoms with Gasteiger partial charge in [0.1, 0.15) is 0 Å². The minimum atomic E-state index is 0.370. The van der Waals surface area contributed by atoms with E-state index >= 15 is 0 Å². The van der Waals surface area contributed by atoms with Crippen molar-refractivity contribution in [3.8, 4) is 0 Å². The maximum Gasteiger partial charge on any atom is 0.0934 e. The van der Waals surface area contributed by atoms with Crippen molar-refractivity contribution < 1.29 is 0 Å². The molecular weight excluding hydrogens is 397 g/mol. The van der Waals surface area contributed by atoms with Gasteiger partial charge in [0, 0.05) is 13.8 Å². The number of benzene rings is 1. The molecule has 1 atom stereocenters. The van der Waals surface area contributed by atoms with Gasteiger partial charge in [-0.3, -0.25) is 0 Å². The molecule has 0 saturated heterocycles.